The minimum Gasteiger partial charge on any atom is -0.496 e. The highest BCUT2D eigenvalue weighted by molar-refractivity contribution is 9.10. The average Bonchev–Trinajstić information content (AvgIpc) is 2.47. The number of methoxy groups -OCH3 is 2. The number of hydrogen-bond donors (Lipinski definition) is 1. The van der Waals surface area contributed by atoms with Gasteiger partial charge in [-0.3, -0.25) is 0 Å². The highest BCUT2D eigenvalue weighted by Crippen LogP contribution is 2.32. The van der Waals surface area contributed by atoms with Crippen LogP contribution in [0.4, 0.5) is 0 Å². The van der Waals surface area contributed by atoms with E-state index in [4.69, 9.17) is 15.2 Å². The molecule has 3 nitrogen and oxygen atoms in total. The number of rotatable bonds is 4. The SMILES string of the molecule is COc1cc(C(N)c2cc(Br)ccc2OC)ccc1C. The first-order chi connectivity index (χ1) is 9.56. The van der Waals surface area contributed by atoms with E-state index in [1.807, 2.05) is 43.3 Å². The summed E-state index contributed by atoms with van der Waals surface area (Å²) in [5.41, 5.74) is 9.39. The van der Waals surface area contributed by atoms with E-state index in [-0.39, 0.29) is 6.04 Å². The summed E-state index contributed by atoms with van der Waals surface area (Å²) in [5.74, 6) is 1.62. The van der Waals surface area contributed by atoms with E-state index in [1.165, 1.54) is 0 Å². The summed E-state index contributed by atoms with van der Waals surface area (Å²) in [6, 6.07) is 11.6. The molecule has 2 aromatic carbocycles. The maximum atomic E-state index is 6.38. The van der Waals surface area contributed by atoms with Gasteiger partial charge in [-0.1, -0.05) is 28.1 Å². The number of nitrogens with two attached hydrogens (primary N) is 1. The Hall–Kier alpha value is -1.52. The zero-order chi connectivity index (χ0) is 14.7. The molecule has 0 amide bonds. The lowest BCUT2D eigenvalue weighted by Gasteiger charge is -2.18. The van der Waals surface area contributed by atoms with Gasteiger partial charge in [0.25, 0.3) is 0 Å². The lowest BCUT2D eigenvalue weighted by molar-refractivity contribution is 0.406. The molecule has 0 aliphatic rings. The van der Waals surface area contributed by atoms with Crippen LogP contribution in [0.5, 0.6) is 11.5 Å². The predicted octanol–water partition coefficient (Wildman–Crippen LogP) is 3.82. The fraction of sp³-hybridized carbons (Fsp3) is 0.250. The van der Waals surface area contributed by atoms with Crippen LogP contribution in [0, 0.1) is 6.92 Å². The van der Waals surface area contributed by atoms with Crippen molar-refractivity contribution in [1.82, 2.24) is 0 Å². The minimum atomic E-state index is -0.267. The number of halogens is 1. The Labute approximate surface area is 127 Å². The van der Waals surface area contributed by atoms with Gasteiger partial charge in [0.2, 0.25) is 0 Å². The molecule has 0 fully saturated rings. The molecule has 2 aromatic rings. The first-order valence-corrected chi connectivity index (χ1v) is 7.09. The van der Waals surface area contributed by atoms with Crippen LogP contribution in [0.25, 0.3) is 0 Å². The molecule has 0 spiro atoms. The van der Waals surface area contributed by atoms with Crippen molar-refractivity contribution in [3.05, 3.63) is 57.6 Å². The van der Waals surface area contributed by atoms with Crippen LogP contribution in [-0.4, -0.2) is 14.2 Å². The average molecular weight is 336 g/mol. The Morgan fingerprint density at radius 3 is 2.35 bits per heavy atom. The van der Waals surface area contributed by atoms with Crippen LogP contribution in [0.2, 0.25) is 0 Å². The van der Waals surface area contributed by atoms with Crippen molar-refractivity contribution >= 4 is 15.9 Å². The fourth-order valence-electron chi connectivity index (χ4n) is 2.16. The van der Waals surface area contributed by atoms with Crippen molar-refractivity contribution in [3.63, 3.8) is 0 Å². The molecule has 0 aliphatic heterocycles. The molecule has 1 unspecified atom stereocenters. The van der Waals surface area contributed by atoms with Crippen molar-refractivity contribution in [1.29, 1.82) is 0 Å². The van der Waals surface area contributed by atoms with Gasteiger partial charge in [0.05, 0.1) is 20.3 Å². The van der Waals surface area contributed by atoms with Gasteiger partial charge >= 0.3 is 0 Å². The van der Waals surface area contributed by atoms with E-state index in [0.29, 0.717) is 0 Å². The molecule has 0 heterocycles. The van der Waals surface area contributed by atoms with E-state index in [1.54, 1.807) is 14.2 Å². The fourth-order valence-corrected chi connectivity index (χ4v) is 2.54. The van der Waals surface area contributed by atoms with Crippen LogP contribution >= 0.6 is 15.9 Å². The van der Waals surface area contributed by atoms with Crippen molar-refractivity contribution in [2.75, 3.05) is 14.2 Å². The number of ether oxygens (including phenoxy) is 2. The number of hydrogen-bond acceptors (Lipinski definition) is 3. The Morgan fingerprint density at radius 1 is 1.00 bits per heavy atom. The third-order valence-corrected chi connectivity index (χ3v) is 3.81. The highest BCUT2D eigenvalue weighted by Gasteiger charge is 2.15. The summed E-state index contributed by atoms with van der Waals surface area (Å²) < 4.78 is 11.7. The Bertz CT molecular complexity index is 613. The van der Waals surface area contributed by atoms with Crippen LogP contribution in [0.15, 0.2) is 40.9 Å². The second-order valence-electron chi connectivity index (χ2n) is 4.59. The Morgan fingerprint density at radius 2 is 1.70 bits per heavy atom. The van der Waals surface area contributed by atoms with Crippen LogP contribution in [-0.2, 0) is 0 Å². The molecule has 0 saturated carbocycles. The van der Waals surface area contributed by atoms with E-state index >= 15 is 0 Å². The molecule has 0 aromatic heterocycles. The molecule has 2 rings (SSSR count). The maximum Gasteiger partial charge on any atom is 0.124 e. The third kappa shape index (κ3) is 2.97. The summed E-state index contributed by atoms with van der Waals surface area (Å²) in [6.07, 6.45) is 0. The van der Waals surface area contributed by atoms with Crippen LogP contribution in [0.1, 0.15) is 22.7 Å². The van der Waals surface area contributed by atoms with E-state index < -0.39 is 0 Å². The molecule has 106 valence electrons. The smallest absolute Gasteiger partial charge is 0.124 e. The quantitative estimate of drug-likeness (QED) is 0.923. The van der Waals surface area contributed by atoms with Crippen LogP contribution < -0.4 is 15.2 Å². The summed E-state index contributed by atoms with van der Waals surface area (Å²) in [4.78, 5) is 0. The predicted molar refractivity (Wildman–Crippen MR) is 84.5 cm³/mol. The molecule has 1 atom stereocenters. The largest absolute Gasteiger partial charge is 0.496 e. The second kappa shape index (κ2) is 6.29. The van der Waals surface area contributed by atoms with Gasteiger partial charge in [-0.25, -0.2) is 0 Å². The molecule has 4 heteroatoms. The summed E-state index contributed by atoms with van der Waals surface area (Å²) in [7, 11) is 3.31. The topological polar surface area (TPSA) is 44.5 Å². The van der Waals surface area contributed by atoms with E-state index in [9.17, 15) is 0 Å². The lowest BCUT2D eigenvalue weighted by atomic mass is 9.97. The standard InChI is InChI=1S/C16H18BrNO2/c1-10-4-5-11(8-15(10)20-3)16(18)13-9-12(17)6-7-14(13)19-2/h4-9,16H,18H2,1-3H3. The summed E-state index contributed by atoms with van der Waals surface area (Å²) >= 11 is 3.47. The normalized spacial score (nSPS) is 12.1. The first kappa shape index (κ1) is 14.9. The molecule has 20 heavy (non-hydrogen) atoms. The third-order valence-electron chi connectivity index (χ3n) is 3.32. The number of benzene rings is 2. The molecule has 0 radical (unpaired) electrons. The molecule has 0 bridgehead atoms. The van der Waals surface area contributed by atoms with Gasteiger partial charge in [-0.2, -0.15) is 0 Å². The lowest BCUT2D eigenvalue weighted by Crippen LogP contribution is -2.13. The van der Waals surface area contributed by atoms with Gasteiger partial charge in [-0.05, 0) is 42.3 Å². The molecular formula is C16H18BrNO2. The zero-order valence-electron chi connectivity index (χ0n) is 11.8. The second-order valence-corrected chi connectivity index (χ2v) is 5.51. The van der Waals surface area contributed by atoms with Gasteiger partial charge in [-0.15, -0.1) is 0 Å². The van der Waals surface area contributed by atoms with E-state index in [0.717, 1.165) is 32.7 Å². The number of aryl methyl sites for hydroxylation is 1. The van der Waals surface area contributed by atoms with Gasteiger partial charge in [0, 0.05) is 10.0 Å². The van der Waals surface area contributed by atoms with Gasteiger partial charge < -0.3 is 15.2 Å². The van der Waals surface area contributed by atoms with Crippen molar-refractivity contribution < 1.29 is 9.47 Å². The van der Waals surface area contributed by atoms with Crippen molar-refractivity contribution in [3.8, 4) is 11.5 Å². The van der Waals surface area contributed by atoms with E-state index in [2.05, 4.69) is 15.9 Å². The summed E-state index contributed by atoms with van der Waals surface area (Å²) in [5, 5.41) is 0. The minimum absolute atomic E-state index is 0.267. The maximum absolute atomic E-state index is 6.38. The zero-order valence-corrected chi connectivity index (χ0v) is 13.4. The summed E-state index contributed by atoms with van der Waals surface area (Å²) in [6.45, 7) is 2.01. The molecule has 2 N–H and O–H groups in total. The van der Waals surface area contributed by atoms with Gasteiger partial charge in [0.15, 0.2) is 0 Å². The monoisotopic (exact) mass is 335 g/mol. The molecular weight excluding hydrogens is 318 g/mol. The Balaban J connectivity index is 2.45. The van der Waals surface area contributed by atoms with Crippen molar-refractivity contribution in [2.45, 2.75) is 13.0 Å². The first-order valence-electron chi connectivity index (χ1n) is 6.30. The van der Waals surface area contributed by atoms with Crippen LogP contribution in [0.3, 0.4) is 0 Å². The van der Waals surface area contributed by atoms with Crippen molar-refractivity contribution in [2.24, 2.45) is 5.73 Å². The molecule has 0 aliphatic carbocycles. The Kier molecular flexibility index (Phi) is 4.68. The molecule has 0 saturated heterocycles. The van der Waals surface area contributed by atoms with Gasteiger partial charge in [0.1, 0.15) is 11.5 Å². The highest BCUT2D eigenvalue weighted by atomic mass is 79.9.